The molecule has 1 aromatic rings. The van der Waals surface area contributed by atoms with E-state index >= 15 is 0 Å². The molecule has 0 spiro atoms. The zero-order chi connectivity index (χ0) is 8.97. The van der Waals surface area contributed by atoms with E-state index in [9.17, 15) is 5.11 Å². The molecular weight excluding hydrogens is 192 g/mol. The van der Waals surface area contributed by atoms with Crippen LogP contribution in [-0.2, 0) is 0 Å². The van der Waals surface area contributed by atoms with Crippen molar-refractivity contribution in [2.24, 2.45) is 0 Å². The molecule has 0 heterocycles. The quantitative estimate of drug-likeness (QED) is 0.704. The van der Waals surface area contributed by atoms with Gasteiger partial charge in [0.1, 0.15) is 5.75 Å². The maximum atomic E-state index is 9.42. The molecule has 0 saturated carbocycles. The third-order valence-corrected chi connectivity index (χ3v) is 1.94. The van der Waals surface area contributed by atoms with E-state index in [1.54, 1.807) is 24.3 Å². The monoisotopic (exact) mass is 200 g/mol. The molecule has 1 rings (SSSR count). The molecule has 1 nitrogen and oxygen atoms in total. The van der Waals surface area contributed by atoms with Crippen molar-refractivity contribution in [3.63, 3.8) is 0 Å². The summed E-state index contributed by atoms with van der Waals surface area (Å²) in [5.41, 5.74) is 0.719. The molecule has 1 N–H and O–H groups in total. The molecule has 0 radical (unpaired) electrons. The summed E-state index contributed by atoms with van der Waals surface area (Å²) < 4.78 is 0. The van der Waals surface area contributed by atoms with Gasteiger partial charge in [-0.05, 0) is 6.07 Å². The summed E-state index contributed by atoms with van der Waals surface area (Å²) in [5, 5.41) is 9.79. The van der Waals surface area contributed by atoms with Gasteiger partial charge in [0.15, 0.2) is 0 Å². The van der Waals surface area contributed by atoms with Crippen LogP contribution in [0.3, 0.4) is 0 Å². The molecule has 0 amide bonds. The Balaban J connectivity index is 3.00. The topological polar surface area (TPSA) is 20.2 Å². The summed E-state index contributed by atoms with van der Waals surface area (Å²) in [7, 11) is 0. The molecule has 0 fully saturated rings. The summed E-state index contributed by atoms with van der Waals surface area (Å²) in [4.78, 5) is 0. The van der Waals surface area contributed by atoms with Crippen LogP contribution in [0.15, 0.2) is 24.3 Å². The molecule has 0 atom stereocenters. The Hall–Kier alpha value is -0.600. The highest BCUT2D eigenvalue weighted by Crippen LogP contribution is 2.27. The van der Waals surface area contributed by atoms with E-state index in [2.05, 4.69) is 12.6 Å². The van der Waals surface area contributed by atoms with Crippen molar-refractivity contribution in [1.29, 1.82) is 0 Å². The molecule has 0 bridgehead atoms. The molecule has 1 aromatic carbocycles. The maximum Gasteiger partial charge on any atom is 0.141 e. The van der Waals surface area contributed by atoms with Crippen LogP contribution >= 0.6 is 24.2 Å². The summed E-state index contributed by atoms with van der Waals surface area (Å²) in [6, 6.07) is 5.23. The highest BCUT2D eigenvalue weighted by Gasteiger charge is 2.00. The van der Waals surface area contributed by atoms with Crippen molar-refractivity contribution in [2.75, 3.05) is 5.75 Å². The molecule has 0 unspecified atom stereocenters. The van der Waals surface area contributed by atoms with E-state index in [1.165, 1.54) is 0 Å². The van der Waals surface area contributed by atoms with Crippen LogP contribution in [0, 0.1) is 0 Å². The normalized spacial score (nSPS) is 10.8. The summed E-state index contributed by atoms with van der Waals surface area (Å²) in [5.74, 6) is 0.767. The average Bonchev–Trinajstić information content (AvgIpc) is 2.08. The summed E-state index contributed by atoms with van der Waals surface area (Å²) in [6.45, 7) is 0. The molecular formula is C9H9ClOS. The van der Waals surface area contributed by atoms with Crippen molar-refractivity contribution in [1.82, 2.24) is 0 Å². The second-order valence-electron chi connectivity index (χ2n) is 2.26. The first kappa shape index (κ1) is 9.49. The van der Waals surface area contributed by atoms with Crippen molar-refractivity contribution in [3.8, 4) is 5.75 Å². The number of benzene rings is 1. The molecule has 0 saturated heterocycles. The van der Waals surface area contributed by atoms with E-state index < -0.39 is 0 Å². The van der Waals surface area contributed by atoms with Gasteiger partial charge in [0.2, 0.25) is 0 Å². The van der Waals surface area contributed by atoms with Gasteiger partial charge in [0, 0.05) is 11.3 Å². The smallest absolute Gasteiger partial charge is 0.141 e. The lowest BCUT2D eigenvalue weighted by molar-refractivity contribution is 0.474. The van der Waals surface area contributed by atoms with Crippen molar-refractivity contribution < 1.29 is 5.11 Å². The van der Waals surface area contributed by atoms with Gasteiger partial charge in [-0.2, -0.15) is 12.6 Å². The number of thiol groups is 1. The predicted octanol–water partition coefficient (Wildman–Crippen LogP) is 2.99. The molecule has 0 aliphatic carbocycles. The third-order valence-electron chi connectivity index (χ3n) is 1.42. The lowest BCUT2D eigenvalue weighted by Crippen LogP contribution is -1.75. The average molecular weight is 201 g/mol. The van der Waals surface area contributed by atoms with Crippen LogP contribution < -0.4 is 0 Å². The first-order valence-corrected chi connectivity index (χ1v) is 4.51. The Morgan fingerprint density at radius 1 is 1.50 bits per heavy atom. The lowest BCUT2D eigenvalue weighted by Gasteiger charge is -1.99. The van der Waals surface area contributed by atoms with Gasteiger partial charge >= 0.3 is 0 Å². The first-order chi connectivity index (χ1) is 5.75. The van der Waals surface area contributed by atoms with Crippen LogP contribution in [0.1, 0.15) is 5.56 Å². The van der Waals surface area contributed by atoms with Gasteiger partial charge in [0.05, 0.1) is 5.02 Å². The highest BCUT2D eigenvalue weighted by molar-refractivity contribution is 7.80. The second-order valence-corrected chi connectivity index (χ2v) is 3.03. The molecule has 0 aliphatic rings. The zero-order valence-corrected chi connectivity index (χ0v) is 8.02. The zero-order valence-electron chi connectivity index (χ0n) is 6.37. The molecule has 12 heavy (non-hydrogen) atoms. The van der Waals surface area contributed by atoms with E-state index in [0.717, 1.165) is 5.56 Å². The van der Waals surface area contributed by atoms with E-state index in [-0.39, 0.29) is 5.75 Å². The fraction of sp³-hybridized carbons (Fsp3) is 0.111. The highest BCUT2D eigenvalue weighted by atomic mass is 35.5. The standard InChI is InChI=1S/C9H9ClOS/c10-8-5-1-3-7(9(8)11)4-2-6-12/h1-5,11-12H,6H2. The Kier molecular flexibility index (Phi) is 3.50. The SMILES string of the molecule is Oc1c(Cl)cccc1C=CCS. The minimum atomic E-state index is 0.122. The number of hydrogen-bond donors (Lipinski definition) is 2. The molecule has 0 aliphatic heterocycles. The van der Waals surface area contributed by atoms with Crippen LogP contribution in [0.2, 0.25) is 5.02 Å². The molecule has 3 heteroatoms. The Morgan fingerprint density at radius 2 is 2.25 bits per heavy atom. The third kappa shape index (κ3) is 2.19. The van der Waals surface area contributed by atoms with Crippen LogP contribution in [0.5, 0.6) is 5.75 Å². The lowest BCUT2D eigenvalue weighted by atomic mass is 10.2. The van der Waals surface area contributed by atoms with Crippen molar-refractivity contribution >= 4 is 30.3 Å². The van der Waals surface area contributed by atoms with Crippen molar-refractivity contribution in [2.45, 2.75) is 0 Å². The summed E-state index contributed by atoms with van der Waals surface area (Å²) in [6.07, 6.45) is 3.63. The Bertz CT molecular complexity index is 297. The van der Waals surface area contributed by atoms with Gasteiger partial charge in [-0.25, -0.2) is 0 Å². The van der Waals surface area contributed by atoms with Crippen LogP contribution in [0.25, 0.3) is 6.08 Å². The first-order valence-electron chi connectivity index (χ1n) is 3.50. The van der Waals surface area contributed by atoms with Gasteiger partial charge < -0.3 is 5.11 Å². The summed E-state index contributed by atoms with van der Waals surface area (Å²) >= 11 is 9.70. The number of para-hydroxylation sites is 1. The molecule has 64 valence electrons. The van der Waals surface area contributed by atoms with Crippen molar-refractivity contribution in [3.05, 3.63) is 34.9 Å². The number of phenolic OH excluding ortho intramolecular Hbond substituents is 1. The van der Waals surface area contributed by atoms with Gasteiger partial charge in [-0.3, -0.25) is 0 Å². The number of hydrogen-bond acceptors (Lipinski definition) is 2. The minimum absolute atomic E-state index is 0.122. The van der Waals surface area contributed by atoms with E-state index in [0.29, 0.717) is 10.8 Å². The fourth-order valence-electron chi connectivity index (χ4n) is 0.846. The Labute approximate surface area is 82.1 Å². The number of aromatic hydroxyl groups is 1. The Morgan fingerprint density at radius 3 is 2.92 bits per heavy atom. The number of phenols is 1. The number of rotatable bonds is 2. The fourth-order valence-corrected chi connectivity index (χ4v) is 1.13. The second kappa shape index (κ2) is 4.43. The van der Waals surface area contributed by atoms with Gasteiger partial charge in [-0.15, -0.1) is 0 Å². The largest absolute Gasteiger partial charge is 0.506 e. The van der Waals surface area contributed by atoms with Gasteiger partial charge in [-0.1, -0.05) is 35.9 Å². The van der Waals surface area contributed by atoms with E-state index in [4.69, 9.17) is 11.6 Å². The molecule has 0 aromatic heterocycles. The predicted molar refractivity (Wildman–Crippen MR) is 56.0 cm³/mol. The maximum absolute atomic E-state index is 9.42. The minimum Gasteiger partial charge on any atom is -0.506 e. The van der Waals surface area contributed by atoms with Gasteiger partial charge in [0.25, 0.3) is 0 Å². The van der Waals surface area contributed by atoms with Crippen LogP contribution in [0.4, 0.5) is 0 Å². The van der Waals surface area contributed by atoms with Crippen LogP contribution in [-0.4, -0.2) is 10.9 Å². The number of halogens is 1. The van der Waals surface area contributed by atoms with E-state index in [1.807, 2.05) is 6.08 Å².